The summed E-state index contributed by atoms with van der Waals surface area (Å²) in [5.74, 6) is -2.88. The maximum absolute atomic E-state index is 13.1. The van der Waals surface area contributed by atoms with Crippen molar-refractivity contribution in [2.45, 2.75) is 38.8 Å². The summed E-state index contributed by atoms with van der Waals surface area (Å²) in [7, 11) is 0. The van der Waals surface area contributed by atoms with Gasteiger partial charge in [-0.25, -0.2) is 0 Å². The third-order valence-electron chi connectivity index (χ3n) is 4.56. The lowest BCUT2D eigenvalue weighted by Crippen LogP contribution is -2.47. The second kappa shape index (κ2) is 8.99. The number of carbonyl (C=O) groups is 2. The molecule has 6 nitrogen and oxygen atoms in total. The molecule has 0 spiro atoms. The molecule has 2 rings (SSSR count). The third-order valence-corrected chi connectivity index (χ3v) is 9.57. The number of halogens is 3. The van der Waals surface area contributed by atoms with E-state index >= 15 is 0 Å². The molecule has 2 aliphatic heterocycles. The molecule has 0 N–H and O–H groups in total. The van der Waals surface area contributed by atoms with Crippen LogP contribution < -0.4 is 0 Å². The van der Waals surface area contributed by atoms with Gasteiger partial charge in [0.1, 0.15) is 6.54 Å². The van der Waals surface area contributed by atoms with Gasteiger partial charge in [-0.3, -0.25) is 18.9 Å². The van der Waals surface area contributed by atoms with Gasteiger partial charge in [0, 0.05) is 26.2 Å². The summed E-state index contributed by atoms with van der Waals surface area (Å²) in [6, 6.07) is 0. The van der Waals surface area contributed by atoms with Crippen LogP contribution in [-0.2, 0) is 26.1 Å². The van der Waals surface area contributed by atoms with Gasteiger partial charge in [-0.2, -0.15) is 13.2 Å². The van der Waals surface area contributed by atoms with Crippen LogP contribution in [0.4, 0.5) is 13.2 Å². The van der Waals surface area contributed by atoms with E-state index < -0.39 is 30.9 Å². The minimum absolute atomic E-state index is 0.0410. The summed E-state index contributed by atoms with van der Waals surface area (Å²) in [6.07, 6.45) is -4.11. The smallest absolute Gasteiger partial charge is 0.465 e. The first kappa shape index (κ1) is 21.6. The predicted molar refractivity (Wildman–Crippen MR) is 95.2 cm³/mol. The molecule has 150 valence electrons. The van der Waals surface area contributed by atoms with Gasteiger partial charge in [0.25, 0.3) is 0 Å². The van der Waals surface area contributed by atoms with Gasteiger partial charge < -0.3 is 9.64 Å². The van der Waals surface area contributed by atoms with E-state index in [4.69, 9.17) is 16.5 Å². The van der Waals surface area contributed by atoms with Crippen LogP contribution in [0.15, 0.2) is 0 Å². The molecule has 0 aromatic carbocycles. The number of carbonyl (C=O) groups excluding carboxylic acids is 2. The highest BCUT2D eigenvalue weighted by molar-refractivity contribution is 8.12. The van der Waals surface area contributed by atoms with Gasteiger partial charge in [0.2, 0.25) is 0 Å². The topological polar surface area (TPSA) is 53.1 Å². The fraction of sp³-hybridized carbons (Fsp3) is 0.867. The first-order valence-electron chi connectivity index (χ1n) is 8.80. The molecule has 26 heavy (non-hydrogen) atoms. The number of alkyl halides is 3. The summed E-state index contributed by atoms with van der Waals surface area (Å²) in [6.45, 7) is 3.77. The van der Waals surface area contributed by atoms with Crippen molar-refractivity contribution in [2.75, 3.05) is 45.6 Å². The Bertz CT molecular complexity index is 544. The molecule has 2 aliphatic rings. The number of hydrogen-bond acceptors (Lipinski definition) is 4. The number of ether oxygens (including phenoxy) is 1. The molecular weight excluding hydrogens is 390 g/mol. The highest BCUT2D eigenvalue weighted by atomic mass is 32.4. The van der Waals surface area contributed by atoms with Crippen LogP contribution in [0.2, 0.25) is 0 Å². The number of nitrogens with zero attached hydrogens (tertiary/aromatic N) is 3. The average molecular weight is 415 g/mol. The van der Waals surface area contributed by atoms with Gasteiger partial charge in [0.05, 0.1) is 19.2 Å². The Hall–Kier alpha value is -0.700. The summed E-state index contributed by atoms with van der Waals surface area (Å²) in [4.78, 5) is 24.3. The largest absolute Gasteiger partial charge is 0.471 e. The van der Waals surface area contributed by atoms with E-state index in [2.05, 4.69) is 9.34 Å². The van der Waals surface area contributed by atoms with Crippen molar-refractivity contribution in [3.8, 4) is 0 Å². The summed E-state index contributed by atoms with van der Waals surface area (Å²) in [5, 5.41) is 0. The molecule has 0 aromatic rings. The fourth-order valence-corrected chi connectivity index (χ4v) is 7.94. The SMILES string of the molecule is CCOC(=O)CN(CP(=S)(N1CCCC1)N1CCCC1)C(=O)C(F)(F)F. The molecular formula is C15H25F3N3O3PS. The summed E-state index contributed by atoms with van der Waals surface area (Å²) >= 11 is 5.91. The van der Waals surface area contributed by atoms with Crippen LogP contribution in [0.1, 0.15) is 32.6 Å². The van der Waals surface area contributed by atoms with Crippen molar-refractivity contribution in [1.82, 2.24) is 14.2 Å². The minimum atomic E-state index is -5.05. The van der Waals surface area contributed by atoms with Crippen LogP contribution in [0, 0.1) is 0 Å². The van der Waals surface area contributed by atoms with E-state index in [9.17, 15) is 22.8 Å². The Kier molecular flexibility index (Phi) is 7.47. The number of amides is 1. The number of hydrogen-bond donors (Lipinski definition) is 0. The zero-order valence-corrected chi connectivity index (χ0v) is 16.5. The van der Waals surface area contributed by atoms with Crippen molar-refractivity contribution in [3.63, 3.8) is 0 Å². The molecule has 2 saturated heterocycles. The maximum atomic E-state index is 13.1. The van der Waals surface area contributed by atoms with E-state index in [1.165, 1.54) is 0 Å². The van der Waals surface area contributed by atoms with Crippen LogP contribution in [0.25, 0.3) is 0 Å². The number of esters is 1. The Labute approximate surface area is 156 Å². The van der Waals surface area contributed by atoms with E-state index in [1.807, 2.05) is 0 Å². The molecule has 11 heteroatoms. The molecule has 2 heterocycles. The van der Waals surface area contributed by atoms with E-state index in [-0.39, 0.29) is 12.9 Å². The minimum Gasteiger partial charge on any atom is -0.465 e. The molecule has 1 amide bonds. The van der Waals surface area contributed by atoms with Gasteiger partial charge in [-0.05, 0) is 32.6 Å². The Balaban J connectivity index is 2.26. The first-order chi connectivity index (χ1) is 12.2. The van der Waals surface area contributed by atoms with E-state index in [0.717, 1.165) is 51.9 Å². The van der Waals surface area contributed by atoms with E-state index in [1.54, 1.807) is 6.92 Å². The van der Waals surface area contributed by atoms with Gasteiger partial charge in [0.15, 0.2) is 0 Å². The molecule has 0 aliphatic carbocycles. The zero-order valence-electron chi connectivity index (χ0n) is 14.8. The second-order valence-electron chi connectivity index (χ2n) is 6.43. The van der Waals surface area contributed by atoms with Crippen molar-refractivity contribution >= 4 is 30.0 Å². The maximum Gasteiger partial charge on any atom is 0.471 e. The monoisotopic (exact) mass is 415 g/mol. The average Bonchev–Trinajstić information content (AvgIpc) is 3.26. The molecule has 0 bridgehead atoms. The highest BCUT2D eigenvalue weighted by Gasteiger charge is 2.46. The highest BCUT2D eigenvalue weighted by Crippen LogP contribution is 2.57. The van der Waals surface area contributed by atoms with Crippen molar-refractivity contribution < 1.29 is 27.5 Å². The zero-order chi connectivity index (χ0) is 19.4. The molecule has 0 unspecified atom stereocenters. The lowest BCUT2D eigenvalue weighted by atomic mass is 10.4. The lowest BCUT2D eigenvalue weighted by molar-refractivity contribution is -0.186. The van der Waals surface area contributed by atoms with Gasteiger partial charge in [-0.1, -0.05) is 11.8 Å². The molecule has 0 saturated carbocycles. The summed E-state index contributed by atoms with van der Waals surface area (Å²) < 4.78 is 48.1. The van der Waals surface area contributed by atoms with Gasteiger partial charge in [-0.15, -0.1) is 0 Å². The Morgan fingerprint density at radius 1 is 1.08 bits per heavy atom. The van der Waals surface area contributed by atoms with Gasteiger partial charge >= 0.3 is 18.1 Å². The standard InChI is InChI=1S/C15H25F3N3O3PS/c1-2-24-13(22)11-19(14(23)15(16,17)18)12-25(26,20-7-3-4-8-20)21-9-5-6-10-21/h2-12H2,1H3. The Morgan fingerprint density at radius 3 is 1.92 bits per heavy atom. The van der Waals surface area contributed by atoms with Crippen LogP contribution in [0.5, 0.6) is 0 Å². The fourth-order valence-electron chi connectivity index (χ4n) is 3.33. The molecule has 0 aromatic heterocycles. The van der Waals surface area contributed by atoms with Crippen molar-refractivity contribution in [2.24, 2.45) is 0 Å². The molecule has 0 atom stereocenters. The van der Waals surface area contributed by atoms with Crippen molar-refractivity contribution in [1.29, 1.82) is 0 Å². The first-order valence-corrected chi connectivity index (χ1v) is 11.7. The molecule has 2 fully saturated rings. The normalized spacial score (nSPS) is 19.7. The predicted octanol–water partition coefficient (Wildman–Crippen LogP) is 2.40. The number of rotatable bonds is 7. The molecule has 0 radical (unpaired) electrons. The lowest BCUT2D eigenvalue weighted by Gasteiger charge is -2.41. The quantitative estimate of drug-likeness (QED) is 0.470. The van der Waals surface area contributed by atoms with Crippen LogP contribution >= 0.6 is 6.34 Å². The third kappa shape index (κ3) is 5.18. The van der Waals surface area contributed by atoms with Crippen LogP contribution in [-0.4, -0.2) is 77.9 Å². The Morgan fingerprint density at radius 2 is 1.54 bits per heavy atom. The second-order valence-corrected chi connectivity index (χ2v) is 10.9. The summed E-state index contributed by atoms with van der Waals surface area (Å²) in [5.41, 5.74) is 0. The van der Waals surface area contributed by atoms with Crippen molar-refractivity contribution in [3.05, 3.63) is 0 Å². The van der Waals surface area contributed by atoms with Crippen LogP contribution in [0.3, 0.4) is 0 Å². The van der Waals surface area contributed by atoms with E-state index in [0.29, 0.717) is 4.90 Å².